The molecule has 1 atom stereocenters. The summed E-state index contributed by atoms with van der Waals surface area (Å²) in [5.74, 6) is -3.35. The van der Waals surface area contributed by atoms with Gasteiger partial charge in [0, 0.05) is 31.2 Å². The third kappa shape index (κ3) is 6.44. The molecule has 176 valence electrons. The van der Waals surface area contributed by atoms with E-state index in [0.29, 0.717) is 11.8 Å². The molecule has 0 saturated carbocycles. The number of nitrogens with zero attached hydrogens (tertiary/aromatic N) is 3. The van der Waals surface area contributed by atoms with E-state index in [1.54, 1.807) is 66.8 Å². The van der Waals surface area contributed by atoms with Gasteiger partial charge in [-0.1, -0.05) is 18.2 Å². The molecule has 1 aromatic heterocycles. The number of hydrogen-bond donors (Lipinski definition) is 1. The van der Waals surface area contributed by atoms with E-state index in [1.807, 2.05) is 0 Å². The monoisotopic (exact) mass is 466 g/mol. The van der Waals surface area contributed by atoms with Crippen molar-refractivity contribution in [3.05, 3.63) is 90.3 Å². The summed E-state index contributed by atoms with van der Waals surface area (Å²) in [6.45, 7) is 1.34. The van der Waals surface area contributed by atoms with Crippen molar-refractivity contribution in [3.63, 3.8) is 0 Å². The number of halogens is 2. The number of rotatable bonds is 8. The van der Waals surface area contributed by atoms with Crippen LogP contribution in [0, 0.1) is 11.6 Å². The number of para-hydroxylation sites is 1. The Kier molecular flexibility index (Phi) is 8.02. The van der Waals surface area contributed by atoms with Gasteiger partial charge in [0.2, 0.25) is 5.91 Å². The highest BCUT2D eigenvalue weighted by Gasteiger charge is 2.29. The lowest BCUT2D eigenvalue weighted by atomic mass is 10.1. The van der Waals surface area contributed by atoms with Crippen LogP contribution in [0.25, 0.3) is 0 Å². The molecule has 3 aromatic rings. The van der Waals surface area contributed by atoms with E-state index in [9.17, 15) is 23.2 Å². The van der Waals surface area contributed by atoms with Crippen LogP contribution < -0.4 is 15.1 Å². The Bertz CT molecular complexity index is 1140. The lowest BCUT2D eigenvalue weighted by molar-refractivity contribution is -0.130. The molecule has 0 aliphatic heterocycles. The second-order valence-corrected chi connectivity index (χ2v) is 7.71. The van der Waals surface area contributed by atoms with E-state index in [4.69, 9.17) is 0 Å². The zero-order valence-electron chi connectivity index (χ0n) is 18.7. The number of carbonyl (C=O) groups is 3. The minimum absolute atomic E-state index is 0.103. The molecule has 0 unspecified atom stereocenters. The maximum atomic E-state index is 13.4. The summed E-state index contributed by atoms with van der Waals surface area (Å²) in [6.07, 6.45) is 2.87. The van der Waals surface area contributed by atoms with Crippen LogP contribution in [-0.4, -0.2) is 42.3 Å². The van der Waals surface area contributed by atoms with E-state index in [0.717, 1.165) is 22.7 Å². The molecule has 0 spiro atoms. The Morgan fingerprint density at radius 3 is 2.18 bits per heavy atom. The summed E-state index contributed by atoms with van der Waals surface area (Å²) in [7, 11) is 1.71. The summed E-state index contributed by atoms with van der Waals surface area (Å²) >= 11 is 0. The minimum atomic E-state index is -1.07. The van der Waals surface area contributed by atoms with Crippen LogP contribution in [0.5, 0.6) is 0 Å². The van der Waals surface area contributed by atoms with Crippen LogP contribution in [-0.2, 0) is 20.8 Å². The van der Waals surface area contributed by atoms with Crippen molar-refractivity contribution in [3.8, 4) is 0 Å². The zero-order chi connectivity index (χ0) is 24.7. The predicted octanol–water partition coefficient (Wildman–Crippen LogP) is 3.10. The van der Waals surface area contributed by atoms with Crippen LogP contribution in [0.4, 0.5) is 20.2 Å². The van der Waals surface area contributed by atoms with Crippen molar-refractivity contribution >= 4 is 29.1 Å². The molecule has 1 heterocycles. The first-order valence-electron chi connectivity index (χ1n) is 10.5. The van der Waals surface area contributed by atoms with Gasteiger partial charge in [-0.2, -0.15) is 0 Å². The van der Waals surface area contributed by atoms with E-state index in [-0.39, 0.29) is 18.5 Å². The first-order chi connectivity index (χ1) is 16.2. The standard InChI is InChI=1S/C25H24F2N4O3/c1-17(29-23(32)14-18-12-19(26)15-20(27)13-18)25(34)31(22-6-4-3-5-7-22)24(33)16-30(2)21-8-10-28-11-9-21/h3-13,15,17H,14,16H2,1-2H3,(H,29,32)/t17-/m0/s1. The van der Waals surface area contributed by atoms with Gasteiger partial charge in [0.15, 0.2) is 0 Å². The molecule has 0 radical (unpaired) electrons. The molecule has 1 N–H and O–H groups in total. The normalized spacial score (nSPS) is 11.4. The number of pyridine rings is 1. The Morgan fingerprint density at radius 2 is 1.56 bits per heavy atom. The molecule has 2 aromatic carbocycles. The second-order valence-electron chi connectivity index (χ2n) is 7.71. The maximum Gasteiger partial charge on any atom is 0.256 e. The van der Waals surface area contributed by atoms with Crippen LogP contribution in [0.15, 0.2) is 73.1 Å². The van der Waals surface area contributed by atoms with E-state index in [1.165, 1.54) is 6.92 Å². The Morgan fingerprint density at radius 1 is 0.941 bits per heavy atom. The number of aromatic nitrogens is 1. The van der Waals surface area contributed by atoms with Crippen LogP contribution in [0.3, 0.4) is 0 Å². The fourth-order valence-corrected chi connectivity index (χ4v) is 3.38. The van der Waals surface area contributed by atoms with Gasteiger partial charge in [0.1, 0.15) is 17.7 Å². The molecule has 7 nitrogen and oxygen atoms in total. The Balaban J connectivity index is 1.74. The summed E-state index contributed by atoms with van der Waals surface area (Å²) < 4.78 is 26.8. The molecule has 9 heteroatoms. The lowest BCUT2D eigenvalue weighted by Gasteiger charge is -2.27. The number of likely N-dealkylation sites (N-methyl/N-ethyl adjacent to an activating group) is 1. The third-order valence-electron chi connectivity index (χ3n) is 5.00. The molecule has 0 bridgehead atoms. The van der Waals surface area contributed by atoms with Crippen LogP contribution in [0.1, 0.15) is 12.5 Å². The quantitative estimate of drug-likeness (QED) is 0.552. The number of carbonyl (C=O) groups excluding carboxylic acids is 3. The number of hydrogen-bond acceptors (Lipinski definition) is 5. The molecule has 3 rings (SSSR count). The molecule has 0 saturated heterocycles. The van der Waals surface area contributed by atoms with E-state index >= 15 is 0 Å². The molecular weight excluding hydrogens is 442 g/mol. The molecular formula is C25H24F2N4O3. The van der Waals surface area contributed by atoms with Crippen molar-refractivity contribution in [1.29, 1.82) is 0 Å². The third-order valence-corrected chi connectivity index (χ3v) is 5.00. The SMILES string of the molecule is C[C@H](NC(=O)Cc1cc(F)cc(F)c1)C(=O)N(C(=O)CN(C)c1ccncc1)c1ccccc1. The highest BCUT2D eigenvalue weighted by atomic mass is 19.1. The fraction of sp³-hybridized carbons (Fsp3) is 0.200. The average molecular weight is 466 g/mol. The first kappa shape index (κ1) is 24.5. The first-order valence-corrected chi connectivity index (χ1v) is 10.5. The van der Waals surface area contributed by atoms with Gasteiger partial charge < -0.3 is 10.2 Å². The predicted molar refractivity (Wildman–Crippen MR) is 124 cm³/mol. The number of amides is 3. The topological polar surface area (TPSA) is 82.6 Å². The van der Waals surface area contributed by atoms with Gasteiger partial charge in [-0.05, 0) is 48.9 Å². The van der Waals surface area contributed by atoms with Gasteiger partial charge in [-0.15, -0.1) is 0 Å². The molecule has 0 aliphatic carbocycles. The fourth-order valence-electron chi connectivity index (χ4n) is 3.38. The highest BCUT2D eigenvalue weighted by molar-refractivity contribution is 6.18. The van der Waals surface area contributed by atoms with E-state index in [2.05, 4.69) is 10.3 Å². The van der Waals surface area contributed by atoms with Gasteiger partial charge in [-0.3, -0.25) is 19.4 Å². The van der Waals surface area contributed by atoms with Gasteiger partial charge in [-0.25, -0.2) is 13.7 Å². The number of benzene rings is 2. The number of nitrogens with one attached hydrogen (secondary N) is 1. The van der Waals surface area contributed by atoms with Gasteiger partial charge in [0.05, 0.1) is 18.7 Å². The Hall–Kier alpha value is -4.14. The average Bonchev–Trinajstić information content (AvgIpc) is 2.79. The van der Waals surface area contributed by atoms with Crippen LogP contribution in [0.2, 0.25) is 0 Å². The van der Waals surface area contributed by atoms with Crippen molar-refractivity contribution in [2.45, 2.75) is 19.4 Å². The maximum absolute atomic E-state index is 13.4. The zero-order valence-corrected chi connectivity index (χ0v) is 18.7. The van der Waals surface area contributed by atoms with Gasteiger partial charge >= 0.3 is 0 Å². The van der Waals surface area contributed by atoms with Gasteiger partial charge in [0.25, 0.3) is 11.8 Å². The molecule has 3 amide bonds. The van der Waals surface area contributed by atoms with Crippen LogP contribution >= 0.6 is 0 Å². The summed E-state index contributed by atoms with van der Waals surface area (Å²) in [4.78, 5) is 45.5. The van der Waals surface area contributed by atoms with E-state index < -0.39 is 35.4 Å². The summed E-state index contributed by atoms with van der Waals surface area (Å²) in [6, 6.07) is 13.6. The van der Waals surface area contributed by atoms with Crippen molar-refractivity contribution in [2.75, 3.05) is 23.4 Å². The highest BCUT2D eigenvalue weighted by Crippen LogP contribution is 2.17. The number of anilines is 2. The number of imide groups is 1. The minimum Gasteiger partial charge on any atom is -0.365 e. The summed E-state index contributed by atoms with van der Waals surface area (Å²) in [5.41, 5.74) is 1.23. The van der Waals surface area contributed by atoms with Crippen molar-refractivity contribution in [1.82, 2.24) is 10.3 Å². The summed E-state index contributed by atoms with van der Waals surface area (Å²) in [5, 5.41) is 2.51. The smallest absolute Gasteiger partial charge is 0.256 e. The Labute approximate surface area is 196 Å². The molecule has 0 aliphatic rings. The second kappa shape index (κ2) is 11.1. The van der Waals surface area contributed by atoms with Crippen molar-refractivity contribution in [2.24, 2.45) is 0 Å². The lowest BCUT2D eigenvalue weighted by Crippen LogP contribution is -2.51. The van der Waals surface area contributed by atoms with Crippen molar-refractivity contribution < 1.29 is 23.2 Å². The molecule has 0 fully saturated rings. The molecule has 34 heavy (non-hydrogen) atoms. The largest absolute Gasteiger partial charge is 0.365 e.